The summed E-state index contributed by atoms with van der Waals surface area (Å²) in [5.74, 6) is 1.19. The molecular weight excluding hydrogens is 500 g/mol. The molecule has 5 rings (SSSR count). The number of rotatable bonds is 9. The van der Waals surface area contributed by atoms with Gasteiger partial charge < -0.3 is 24.3 Å². The van der Waals surface area contributed by atoms with E-state index in [-0.39, 0.29) is 11.9 Å². The number of halogens is 1. The molecule has 0 spiro atoms. The molecule has 200 valence electrons. The monoisotopic (exact) mass is 534 g/mol. The van der Waals surface area contributed by atoms with Gasteiger partial charge in [0.25, 0.3) is 0 Å². The number of nitrogens with zero attached hydrogens (tertiary/aromatic N) is 3. The lowest BCUT2D eigenvalue weighted by Crippen LogP contribution is -2.36. The second-order valence-corrected chi connectivity index (χ2v) is 10.3. The molecule has 1 unspecified atom stereocenters. The average molecular weight is 535 g/mol. The number of anilines is 1. The molecule has 1 amide bonds. The molecule has 0 saturated carbocycles. The van der Waals surface area contributed by atoms with Gasteiger partial charge in [0.05, 0.1) is 38.0 Å². The van der Waals surface area contributed by atoms with Crippen molar-refractivity contribution >= 4 is 29.3 Å². The fourth-order valence-electron chi connectivity index (χ4n) is 5.26. The Morgan fingerprint density at radius 2 is 2.00 bits per heavy atom. The Labute approximate surface area is 229 Å². The number of amides is 1. The SMILES string of the molecule is COc1cc(C=C(CCCCl)C(=O)NC2Cc3ccc(N4CCOCC4)cc3C2)ccc1-n1cnc(C)c1. The highest BCUT2D eigenvalue weighted by molar-refractivity contribution is 6.17. The van der Waals surface area contributed by atoms with Gasteiger partial charge in [0, 0.05) is 42.5 Å². The number of morpholine rings is 1. The molecule has 3 aromatic rings. The van der Waals surface area contributed by atoms with Gasteiger partial charge in [-0.05, 0) is 79.6 Å². The number of hydrogen-bond acceptors (Lipinski definition) is 5. The van der Waals surface area contributed by atoms with Crippen molar-refractivity contribution in [2.24, 2.45) is 0 Å². The molecule has 7 nitrogen and oxygen atoms in total. The van der Waals surface area contributed by atoms with Crippen LogP contribution in [0.25, 0.3) is 11.8 Å². The summed E-state index contributed by atoms with van der Waals surface area (Å²) >= 11 is 6.00. The largest absolute Gasteiger partial charge is 0.495 e. The van der Waals surface area contributed by atoms with E-state index >= 15 is 0 Å². The van der Waals surface area contributed by atoms with Crippen molar-refractivity contribution in [2.75, 3.05) is 44.2 Å². The van der Waals surface area contributed by atoms with E-state index in [2.05, 4.69) is 33.4 Å². The number of methoxy groups -OCH3 is 1. The smallest absolute Gasteiger partial charge is 0.247 e. The summed E-state index contributed by atoms with van der Waals surface area (Å²) in [7, 11) is 1.65. The van der Waals surface area contributed by atoms with Crippen molar-refractivity contribution in [1.29, 1.82) is 0 Å². The van der Waals surface area contributed by atoms with Crippen LogP contribution in [0, 0.1) is 6.92 Å². The predicted molar refractivity (Wildman–Crippen MR) is 152 cm³/mol. The molecule has 0 bridgehead atoms. The Balaban J connectivity index is 1.30. The molecule has 1 fully saturated rings. The number of aromatic nitrogens is 2. The maximum atomic E-state index is 13.4. The van der Waals surface area contributed by atoms with Crippen molar-refractivity contribution in [3.8, 4) is 11.4 Å². The maximum absolute atomic E-state index is 13.4. The minimum atomic E-state index is -0.0328. The summed E-state index contributed by atoms with van der Waals surface area (Å²) in [6.07, 6.45) is 8.71. The standard InChI is InChI=1S/C30H35ClN4O3/c1-21-19-35(20-32-21)28-8-5-22(15-29(28)37-2)14-24(4-3-9-31)30(36)33-26-16-23-6-7-27(18-25(23)17-26)34-10-12-38-13-11-34/h5-8,14-15,18-20,26H,3-4,9-13,16-17H2,1-2H3,(H,33,36). The molecule has 2 aromatic carbocycles. The van der Waals surface area contributed by atoms with E-state index in [0.29, 0.717) is 12.3 Å². The minimum absolute atomic E-state index is 0.0328. The molecule has 2 aliphatic rings. The number of carbonyl (C=O) groups is 1. The maximum Gasteiger partial charge on any atom is 0.247 e. The van der Waals surface area contributed by atoms with Gasteiger partial charge in [-0.3, -0.25) is 4.79 Å². The predicted octanol–water partition coefficient (Wildman–Crippen LogP) is 4.71. The van der Waals surface area contributed by atoms with Crippen LogP contribution in [-0.4, -0.2) is 60.8 Å². The van der Waals surface area contributed by atoms with Crippen LogP contribution in [0.5, 0.6) is 5.75 Å². The van der Waals surface area contributed by atoms with Gasteiger partial charge in [-0.15, -0.1) is 11.6 Å². The summed E-state index contributed by atoms with van der Waals surface area (Å²) in [6.45, 7) is 5.33. The normalized spacial score (nSPS) is 17.4. The van der Waals surface area contributed by atoms with E-state index in [1.807, 2.05) is 42.0 Å². The van der Waals surface area contributed by atoms with Crippen LogP contribution < -0.4 is 15.0 Å². The first-order valence-electron chi connectivity index (χ1n) is 13.2. The van der Waals surface area contributed by atoms with Gasteiger partial charge in [-0.25, -0.2) is 4.98 Å². The van der Waals surface area contributed by atoms with Crippen LogP contribution in [0.4, 0.5) is 5.69 Å². The van der Waals surface area contributed by atoms with Crippen LogP contribution in [0.1, 0.15) is 35.2 Å². The quantitative estimate of drug-likeness (QED) is 0.318. The first kappa shape index (κ1) is 26.3. The van der Waals surface area contributed by atoms with E-state index < -0.39 is 0 Å². The highest BCUT2D eigenvalue weighted by atomic mass is 35.5. The van der Waals surface area contributed by atoms with Crippen LogP contribution >= 0.6 is 11.6 Å². The van der Waals surface area contributed by atoms with Crippen molar-refractivity contribution in [3.05, 3.63) is 76.9 Å². The average Bonchev–Trinajstić information content (AvgIpc) is 3.56. The second kappa shape index (κ2) is 12.0. The van der Waals surface area contributed by atoms with Gasteiger partial charge in [0.1, 0.15) is 5.75 Å². The topological polar surface area (TPSA) is 68.6 Å². The Hall–Kier alpha value is -3.29. The molecular formula is C30H35ClN4O3. The number of aryl methyl sites for hydroxylation is 1. The van der Waals surface area contributed by atoms with E-state index in [0.717, 1.165) is 73.8 Å². The molecule has 1 atom stereocenters. The number of carbonyl (C=O) groups excluding carboxylic acids is 1. The van der Waals surface area contributed by atoms with Crippen molar-refractivity contribution in [2.45, 2.75) is 38.6 Å². The first-order chi connectivity index (χ1) is 18.5. The Morgan fingerprint density at radius 1 is 1.18 bits per heavy atom. The fraction of sp³-hybridized carbons (Fsp3) is 0.400. The Morgan fingerprint density at radius 3 is 2.74 bits per heavy atom. The fourth-order valence-corrected chi connectivity index (χ4v) is 5.40. The van der Waals surface area contributed by atoms with E-state index in [4.69, 9.17) is 21.1 Å². The summed E-state index contributed by atoms with van der Waals surface area (Å²) in [5.41, 5.74) is 7.34. The van der Waals surface area contributed by atoms with Gasteiger partial charge in [0.2, 0.25) is 5.91 Å². The van der Waals surface area contributed by atoms with Crippen LogP contribution in [-0.2, 0) is 22.4 Å². The Kier molecular flexibility index (Phi) is 8.35. The third-order valence-corrected chi connectivity index (χ3v) is 7.51. The van der Waals surface area contributed by atoms with Crippen LogP contribution in [0.15, 0.2) is 54.5 Å². The minimum Gasteiger partial charge on any atom is -0.495 e. The first-order valence-corrected chi connectivity index (χ1v) is 13.8. The number of ether oxygens (including phenoxy) is 2. The second-order valence-electron chi connectivity index (χ2n) is 9.95. The zero-order valence-corrected chi connectivity index (χ0v) is 22.8. The van der Waals surface area contributed by atoms with Gasteiger partial charge in [0.15, 0.2) is 0 Å². The summed E-state index contributed by atoms with van der Waals surface area (Å²) in [5, 5.41) is 3.30. The lowest BCUT2D eigenvalue weighted by Gasteiger charge is -2.29. The third kappa shape index (κ3) is 6.05. The summed E-state index contributed by atoms with van der Waals surface area (Å²) < 4.78 is 13.1. The zero-order chi connectivity index (χ0) is 26.5. The van der Waals surface area contributed by atoms with Gasteiger partial charge in [-0.2, -0.15) is 0 Å². The molecule has 1 saturated heterocycles. The molecule has 2 heterocycles. The van der Waals surface area contributed by atoms with Crippen molar-refractivity contribution in [3.63, 3.8) is 0 Å². The van der Waals surface area contributed by atoms with Crippen molar-refractivity contribution in [1.82, 2.24) is 14.9 Å². The van der Waals surface area contributed by atoms with Gasteiger partial charge in [-0.1, -0.05) is 12.1 Å². The highest BCUT2D eigenvalue weighted by Crippen LogP contribution is 2.29. The van der Waals surface area contributed by atoms with Crippen LogP contribution in [0.2, 0.25) is 0 Å². The van der Waals surface area contributed by atoms with Crippen LogP contribution in [0.3, 0.4) is 0 Å². The Bertz CT molecular complexity index is 1310. The molecule has 0 radical (unpaired) electrons. The number of nitrogens with one attached hydrogen (secondary N) is 1. The lowest BCUT2D eigenvalue weighted by molar-refractivity contribution is -0.118. The number of benzene rings is 2. The van der Waals surface area contributed by atoms with E-state index in [9.17, 15) is 4.79 Å². The molecule has 1 N–H and O–H groups in total. The van der Waals surface area contributed by atoms with E-state index in [1.165, 1.54) is 16.8 Å². The molecule has 1 aliphatic carbocycles. The summed E-state index contributed by atoms with van der Waals surface area (Å²) in [4.78, 5) is 20.1. The number of alkyl halides is 1. The van der Waals surface area contributed by atoms with Crippen molar-refractivity contribution < 1.29 is 14.3 Å². The number of hydrogen-bond donors (Lipinski definition) is 1. The molecule has 1 aliphatic heterocycles. The molecule has 1 aromatic heterocycles. The third-order valence-electron chi connectivity index (χ3n) is 7.24. The number of imidazole rings is 1. The van der Waals surface area contributed by atoms with E-state index in [1.54, 1.807) is 13.4 Å². The lowest BCUT2D eigenvalue weighted by atomic mass is 10.0. The molecule has 38 heavy (non-hydrogen) atoms. The zero-order valence-electron chi connectivity index (χ0n) is 22.1. The summed E-state index contributed by atoms with van der Waals surface area (Å²) in [6, 6.07) is 12.7. The molecule has 8 heteroatoms. The highest BCUT2D eigenvalue weighted by Gasteiger charge is 2.25. The van der Waals surface area contributed by atoms with Gasteiger partial charge >= 0.3 is 0 Å². The number of fused-ring (bicyclic) bond motifs is 1.